The molecule has 8 heteroatoms. The summed E-state index contributed by atoms with van der Waals surface area (Å²) in [6.45, 7) is 3.96. The van der Waals surface area contributed by atoms with E-state index in [-0.39, 0.29) is 17.2 Å². The number of likely N-dealkylation sites (tertiary alicyclic amines) is 1. The minimum atomic E-state index is -0.605. The van der Waals surface area contributed by atoms with Crippen molar-refractivity contribution in [2.45, 2.75) is 69.6 Å². The van der Waals surface area contributed by atoms with E-state index in [0.29, 0.717) is 45.3 Å². The van der Waals surface area contributed by atoms with Gasteiger partial charge in [-0.25, -0.2) is 0 Å². The Labute approximate surface area is 216 Å². The van der Waals surface area contributed by atoms with Crippen molar-refractivity contribution in [3.05, 3.63) is 81.5 Å². The third-order valence-electron chi connectivity index (χ3n) is 7.97. The number of carbonyl (C=O) groups is 1. The monoisotopic (exact) mass is 499 g/mol. The molecule has 1 saturated carbocycles. The minimum absolute atomic E-state index is 0.0868. The summed E-state index contributed by atoms with van der Waals surface area (Å²) in [5.41, 5.74) is 2.65. The highest BCUT2D eigenvalue weighted by Crippen LogP contribution is 2.34. The van der Waals surface area contributed by atoms with Gasteiger partial charge in [0.25, 0.3) is 11.5 Å². The molecule has 2 fully saturated rings. The van der Waals surface area contributed by atoms with E-state index < -0.39 is 17.4 Å². The number of rotatable bonds is 5. The standard InChI is InChI=1S/C29H33N5O3/c1-20-9-10-26(31-17-20)29(19-30)11-14-33(15-12-29)18-21-16-22(28(37)34-13-5-4-7-24(21)34)27(36)32-23-6-2-3-8-25(23)35/h4-5,7,9-10,13,16-17,23,25,35H,2-3,6,8,11-12,14-15,18H2,1H3,(H,32,36)/t23-,25-/m0/s1. The molecule has 192 valence electrons. The number of nitrogens with zero attached hydrogens (tertiary/aromatic N) is 4. The maximum Gasteiger partial charge on any atom is 0.267 e. The molecule has 2 aliphatic rings. The van der Waals surface area contributed by atoms with Crippen molar-refractivity contribution in [2.75, 3.05) is 13.1 Å². The van der Waals surface area contributed by atoms with Crippen LogP contribution in [-0.4, -0.2) is 50.5 Å². The maximum atomic E-state index is 13.2. The highest BCUT2D eigenvalue weighted by molar-refractivity contribution is 5.94. The van der Waals surface area contributed by atoms with Gasteiger partial charge in [-0.15, -0.1) is 0 Å². The molecular formula is C29H33N5O3. The first-order chi connectivity index (χ1) is 17.9. The van der Waals surface area contributed by atoms with Gasteiger partial charge in [0.2, 0.25) is 0 Å². The van der Waals surface area contributed by atoms with Crippen LogP contribution in [0.1, 0.15) is 65.7 Å². The van der Waals surface area contributed by atoms with Crippen LogP contribution in [0.15, 0.2) is 53.6 Å². The van der Waals surface area contributed by atoms with Crippen molar-refractivity contribution in [3.63, 3.8) is 0 Å². The Kier molecular flexibility index (Phi) is 7.09. The first kappa shape index (κ1) is 25.1. The molecule has 0 aromatic carbocycles. The second-order valence-corrected chi connectivity index (χ2v) is 10.5. The summed E-state index contributed by atoms with van der Waals surface area (Å²) in [7, 11) is 0. The number of aryl methyl sites for hydroxylation is 1. The fourth-order valence-corrected chi connectivity index (χ4v) is 5.65. The molecule has 1 aliphatic heterocycles. The summed E-state index contributed by atoms with van der Waals surface area (Å²) in [5, 5.41) is 23.3. The van der Waals surface area contributed by atoms with Crippen LogP contribution in [0, 0.1) is 18.3 Å². The number of aliphatic hydroxyl groups is 1. The molecule has 0 unspecified atom stereocenters. The molecular weight excluding hydrogens is 466 g/mol. The lowest BCUT2D eigenvalue weighted by Crippen LogP contribution is -2.46. The lowest BCUT2D eigenvalue weighted by Gasteiger charge is -2.37. The number of nitriles is 1. The summed E-state index contributed by atoms with van der Waals surface area (Å²) >= 11 is 0. The second-order valence-electron chi connectivity index (χ2n) is 10.5. The number of fused-ring (bicyclic) bond motifs is 1. The molecule has 1 aliphatic carbocycles. The predicted octanol–water partition coefficient (Wildman–Crippen LogP) is 3.09. The molecule has 37 heavy (non-hydrogen) atoms. The summed E-state index contributed by atoms with van der Waals surface area (Å²) in [6.07, 6.45) is 7.50. The van der Waals surface area contributed by atoms with Crippen LogP contribution < -0.4 is 10.9 Å². The summed E-state index contributed by atoms with van der Waals surface area (Å²) < 4.78 is 1.53. The van der Waals surface area contributed by atoms with Gasteiger partial charge in [0.05, 0.1) is 29.4 Å². The maximum absolute atomic E-state index is 13.2. The zero-order valence-electron chi connectivity index (χ0n) is 21.2. The molecule has 3 aromatic rings. The van der Waals surface area contributed by atoms with Gasteiger partial charge < -0.3 is 10.4 Å². The largest absolute Gasteiger partial charge is 0.391 e. The fraction of sp³-hybridized carbons (Fsp3) is 0.448. The predicted molar refractivity (Wildman–Crippen MR) is 140 cm³/mol. The molecule has 0 spiro atoms. The number of amides is 1. The van der Waals surface area contributed by atoms with E-state index in [1.54, 1.807) is 18.3 Å². The Hall–Kier alpha value is -3.54. The normalized spacial score (nSPS) is 21.9. The topological polar surface area (TPSA) is 111 Å². The zero-order valence-corrected chi connectivity index (χ0v) is 21.2. The molecule has 8 nitrogen and oxygen atoms in total. The van der Waals surface area contributed by atoms with Crippen molar-refractivity contribution >= 4 is 11.4 Å². The lowest BCUT2D eigenvalue weighted by molar-refractivity contribution is 0.0716. The van der Waals surface area contributed by atoms with E-state index in [1.807, 2.05) is 37.4 Å². The smallest absolute Gasteiger partial charge is 0.267 e. The number of hydrogen-bond acceptors (Lipinski definition) is 6. The van der Waals surface area contributed by atoms with E-state index in [9.17, 15) is 20.0 Å². The van der Waals surface area contributed by atoms with Gasteiger partial charge in [-0.2, -0.15) is 5.26 Å². The Morgan fingerprint density at radius 2 is 2.00 bits per heavy atom. The van der Waals surface area contributed by atoms with Crippen LogP contribution in [0.3, 0.4) is 0 Å². The van der Waals surface area contributed by atoms with Gasteiger partial charge >= 0.3 is 0 Å². The van der Waals surface area contributed by atoms with Crippen molar-refractivity contribution in [3.8, 4) is 6.07 Å². The highest BCUT2D eigenvalue weighted by Gasteiger charge is 2.38. The highest BCUT2D eigenvalue weighted by atomic mass is 16.3. The van der Waals surface area contributed by atoms with Crippen LogP contribution in [0.5, 0.6) is 0 Å². The molecule has 3 aromatic heterocycles. The number of nitrogens with one attached hydrogen (secondary N) is 1. The van der Waals surface area contributed by atoms with Crippen LogP contribution in [-0.2, 0) is 12.0 Å². The number of aromatic nitrogens is 2. The van der Waals surface area contributed by atoms with E-state index in [1.165, 1.54) is 4.40 Å². The number of piperidine rings is 1. The third kappa shape index (κ3) is 5.02. The Morgan fingerprint density at radius 1 is 1.22 bits per heavy atom. The second kappa shape index (κ2) is 10.4. The average molecular weight is 500 g/mol. The molecule has 1 amide bonds. The zero-order chi connectivity index (χ0) is 26.0. The van der Waals surface area contributed by atoms with E-state index in [4.69, 9.17) is 0 Å². The minimum Gasteiger partial charge on any atom is -0.391 e. The van der Waals surface area contributed by atoms with Crippen LogP contribution in [0.2, 0.25) is 0 Å². The summed E-state index contributed by atoms with van der Waals surface area (Å²) in [6, 6.07) is 13.4. The number of hydrogen-bond donors (Lipinski definition) is 2. The van der Waals surface area contributed by atoms with Gasteiger partial charge in [-0.3, -0.25) is 23.9 Å². The molecule has 0 bridgehead atoms. The van der Waals surface area contributed by atoms with Gasteiger partial charge in [0.1, 0.15) is 11.0 Å². The molecule has 1 saturated heterocycles. The SMILES string of the molecule is Cc1ccc(C2(C#N)CCN(Cc3cc(C(=O)N[C@H]4CCCC[C@@H]4O)c(=O)n4ccccc34)CC2)nc1. The Balaban J connectivity index is 1.38. The van der Waals surface area contributed by atoms with Crippen LogP contribution in [0.25, 0.3) is 5.52 Å². The van der Waals surface area contributed by atoms with E-state index in [2.05, 4.69) is 21.3 Å². The molecule has 2 atom stereocenters. The Morgan fingerprint density at radius 3 is 2.70 bits per heavy atom. The molecule has 0 radical (unpaired) electrons. The van der Waals surface area contributed by atoms with Gasteiger partial charge in [0.15, 0.2) is 0 Å². The lowest BCUT2D eigenvalue weighted by atomic mass is 9.76. The Bertz CT molecular complexity index is 1380. The number of carbonyl (C=O) groups excluding carboxylic acids is 1. The van der Waals surface area contributed by atoms with E-state index >= 15 is 0 Å². The van der Waals surface area contributed by atoms with Crippen molar-refractivity contribution < 1.29 is 9.90 Å². The van der Waals surface area contributed by atoms with Gasteiger partial charge in [-0.1, -0.05) is 25.0 Å². The molecule has 4 heterocycles. The van der Waals surface area contributed by atoms with Crippen molar-refractivity contribution in [1.29, 1.82) is 5.26 Å². The first-order valence-electron chi connectivity index (χ1n) is 13.1. The molecule has 2 N–H and O–H groups in total. The first-order valence-corrected chi connectivity index (χ1v) is 13.1. The average Bonchev–Trinajstić information content (AvgIpc) is 2.92. The van der Waals surface area contributed by atoms with Gasteiger partial charge in [0, 0.05) is 32.0 Å². The van der Waals surface area contributed by atoms with Crippen molar-refractivity contribution in [1.82, 2.24) is 19.6 Å². The van der Waals surface area contributed by atoms with Gasteiger partial charge in [-0.05, 0) is 68.0 Å². The van der Waals surface area contributed by atoms with Crippen molar-refractivity contribution in [2.24, 2.45) is 0 Å². The number of pyridine rings is 3. The van der Waals surface area contributed by atoms with Crippen LogP contribution in [0.4, 0.5) is 0 Å². The fourth-order valence-electron chi connectivity index (χ4n) is 5.65. The number of aliphatic hydroxyl groups excluding tert-OH is 1. The quantitative estimate of drug-likeness (QED) is 0.558. The third-order valence-corrected chi connectivity index (χ3v) is 7.97. The summed E-state index contributed by atoms with van der Waals surface area (Å²) in [4.78, 5) is 33.2. The van der Waals surface area contributed by atoms with E-state index in [0.717, 1.165) is 35.2 Å². The summed E-state index contributed by atoms with van der Waals surface area (Å²) in [5.74, 6) is -0.442. The van der Waals surface area contributed by atoms with Crippen LogP contribution >= 0.6 is 0 Å². The molecule has 5 rings (SSSR count).